The Morgan fingerprint density at radius 3 is 2.30 bits per heavy atom. The molecule has 0 saturated heterocycles. The maximum atomic E-state index is 12.6. The first-order valence-electron chi connectivity index (χ1n) is 8.78. The average molecular weight is 280 g/mol. The van der Waals surface area contributed by atoms with Gasteiger partial charge in [0.15, 0.2) is 0 Å². The van der Waals surface area contributed by atoms with Gasteiger partial charge in [-0.3, -0.25) is 4.79 Å². The number of rotatable bonds is 4. The molecule has 0 radical (unpaired) electrons. The summed E-state index contributed by atoms with van der Waals surface area (Å²) >= 11 is 0. The molecule has 0 aromatic carbocycles. The van der Waals surface area contributed by atoms with Gasteiger partial charge in [-0.25, -0.2) is 0 Å². The Hall–Kier alpha value is -0.570. The fourth-order valence-electron chi connectivity index (χ4n) is 4.04. The van der Waals surface area contributed by atoms with E-state index in [1.165, 1.54) is 44.9 Å². The van der Waals surface area contributed by atoms with Gasteiger partial charge in [0.2, 0.25) is 5.91 Å². The van der Waals surface area contributed by atoms with Gasteiger partial charge in [0.1, 0.15) is 0 Å². The standard InChI is InChI=1S/C17H32N2O/c1-2-16(13-9-5-3-6-10-13)19-17(20)14-11-7-4-8-12-15(14)18/h13-16H,2-12,18H2,1H3,(H,19,20). The van der Waals surface area contributed by atoms with Crippen LogP contribution in [-0.4, -0.2) is 18.0 Å². The van der Waals surface area contributed by atoms with Gasteiger partial charge >= 0.3 is 0 Å². The minimum absolute atomic E-state index is 0.0511. The molecule has 2 rings (SSSR count). The van der Waals surface area contributed by atoms with Gasteiger partial charge in [-0.1, -0.05) is 45.4 Å². The smallest absolute Gasteiger partial charge is 0.224 e. The molecule has 0 heterocycles. The van der Waals surface area contributed by atoms with E-state index in [2.05, 4.69) is 12.2 Å². The molecule has 2 aliphatic carbocycles. The summed E-state index contributed by atoms with van der Waals surface area (Å²) in [5.74, 6) is 0.978. The van der Waals surface area contributed by atoms with E-state index in [0.29, 0.717) is 12.0 Å². The quantitative estimate of drug-likeness (QED) is 0.776. The van der Waals surface area contributed by atoms with E-state index in [1.807, 2.05) is 0 Å². The van der Waals surface area contributed by atoms with Crippen molar-refractivity contribution in [2.24, 2.45) is 17.6 Å². The lowest BCUT2D eigenvalue weighted by molar-refractivity contribution is -0.127. The van der Waals surface area contributed by atoms with Gasteiger partial charge < -0.3 is 11.1 Å². The van der Waals surface area contributed by atoms with Gasteiger partial charge in [0.25, 0.3) is 0 Å². The van der Waals surface area contributed by atoms with Crippen molar-refractivity contribution in [1.29, 1.82) is 0 Å². The van der Waals surface area contributed by atoms with Crippen LogP contribution in [-0.2, 0) is 4.79 Å². The Kier molecular flexibility index (Phi) is 6.34. The third kappa shape index (κ3) is 4.21. The van der Waals surface area contributed by atoms with Crippen LogP contribution >= 0.6 is 0 Å². The van der Waals surface area contributed by atoms with E-state index >= 15 is 0 Å². The lowest BCUT2D eigenvalue weighted by Gasteiger charge is -2.32. The molecule has 2 fully saturated rings. The Labute approximate surface area is 124 Å². The third-order valence-electron chi connectivity index (χ3n) is 5.39. The molecule has 0 aromatic heterocycles. The molecule has 3 nitrogen and oxygen atoms in total. The summed E-state index contributed by atoms with van der Waals surface area (Å²) in [6.07, 6.45) is 13.2. The Morgan fingerprint density at radius 1 is 1.05 bits per heavy atom. The first-order chi connectivity index (χ1) is 9.72. The Balaban J connectivity index is 1.90. The molecule has 0 aromatic rings. The van der Waals surface area contributed by atoms with Crippen molar-refractivity contribution in [1.82, 2.24) is 5.32 Å². The lowest BCUT2D eigenvalue weighted by Crippen LogP contribution is -2.47. The summed E-state index contributed by atoms with van der Waals surface area (Å²) in [6, 6.07) is 0.444. The summed E-state index contributed by atoms with van der Waals surface area (Å²) in [7, 11) is 0. The number of nitrogens with two attached hydrogens (primary N) is 1. The topological polar surface area (TPSA) is 55.1 Å². The normalized spacial score (nSPS) is 30.5. The highest BCUT2D eigenvalue weighted by atomic mass is 16.2. The van der Waals surface area contributed by atoms with Crippen LogP contribution in [0.2, 0.25) is 0 Å². The first kappa shape index (κ1) is 15.8. The summed E-state index contributed by atoms with van der Waals surface area (Å²) in [5.41, 5.74) is 6.21. The van der Waals surface area contributed by atoms with Crippen molar-refractivity contribution in [3.63, 3.8) is 0 Å². The molecule has 3 unspecified atom stereocenters. The number of hydrogen-bond acceptors (Lipinski definition) is 2. The zero-order chi connectivity index (χ0) is 14.4. The lowest BCUT2D eigenvalue weighted by atomic mass is 9.82. The summed E-state index contributed by atoms with van der Waals surface area (Å²) in [6.45, 7) is 2.20. The predicted molar refractivity (Wildman–Crippen MR) is 83.3 cm³/mol. The van der Waals surface area contributed by atoms with Crippen LogP contribution in [0.5, 0.6) is 0 Å². The molecular weight excluding hydrogens is 248 g/mol. The van der Waals surface area contributed by atoms with E-state index in [-0.39, 0.29) is 17.9 Å². The summed E-state index contributed by atoms with van der Waals surface area (Å²) in [4.78, 5) is 12.6. The van der Waals surface area contributed by atoms with Crippen molar-refractivity contribution in [3.05, 3.63) is 0 Å². The molecule has 1 amide bonds. The van der Waals surface area contributed by atoms with Crippen molar-refractivity contribution in [2.75, 3.05) is 0 Å². The maximum Gasteiger partial charge on any atom is 0.224 e. The van der Waals surface area contributed by atoms with Crippen molar-refractivity contribution in [3.8, 4) is 0 Å². The second-order valence-electron chi connectivity index (χ2n) is 6.83. The molecule has 2 aliphatic rings. The molecule has 0 bridgehead atoms. The predicted octanol–water partition coefficient (Wildman–Crippen LogP) is 3.37. The molecule has 2 saturated carbocycles. The van der Waals surface area contributed by atoms with E-state index in [4.69, 9.17) is 5.73 Å². The molecule has 3 N–H and O–H groups in total. The van der Waals surface area contributed by atoms with E-state index in [1.54, 1.807) is 0 Å². The molecule has 0 aliphatic heterocycles. The van der Waals surface area contributed by atoms with Gasteiger partial charge in [-0.15, -0.1) is 0 Å². The molecule has 116 valence electrons. The largest absolute Gasteiger partial charge is 0.353 e. The SMILES string of the molecule is CCC(NC(=O)C1CCCCCC1N)C1CCCCC1. The van der Waals surface area contributed by atoms with Gasteiger partial charge in [0, 0.05) is 12.1 Å². The summed E-state index contributed by atoms with van der Waals surface area (Å²) < 4.78 is 0. The highest BCUT2D eigenvalue weighted by Crippen LogP contribution is 2.29. The fourth-order valence-corrected chi connectivity index (χ4v) is 4.04. The van der Waals surface area contributed by atoms with Crippen LogP contribution < -0.4 is 11.1 Å². The Morgan fingerprint density at radius 2 is 1.65 bits per heavy atom. The minimum atomic E-state index is 0.0511. The van der Waals surface area contributed by atoms with Crippen molar-refractivity contribution < 1.29 is 4.79 Å². The van der Waals surface area contributed by atoms with Crippen LogP contribution in [0.1, 0.15) is 77.6 Å². The number of nitrogens with one attached hydrogen (secondary N) is 1. The molecule has 20 heavy (non-hydrogen) atoms. The number of hydrogen-bond donors (Lipinski definition) is 2. The van der Waals surface area contributed by atoms with Crippen LogP contribution in [0.25, 0.3) is 0 Å². The third-order valence-corrected chi connectivity index (χ3v) is 5.39. The highest BCUT2D eigenvalue weighted by molar-refractivity contribution is 5.79. The van der Waals surface area contributed by atoms with Crippen molar-refractivity contribution in [2.45, 2.75) is 89.6 Å². The molecule has 0 spiro atoms. The summed E-state index contributed by atoms with van der Waals surface area (Å²) in [5, 5.41) is 3.35. The average Bonchev–Trinajstić information content (AvgIpc) is 2.70. The molecule has 3 heteroatoms. The number of amides is 1. The molecule has 3 atom stereocenters. The van der Waals surface area contributed by atoms with Crippen LogP contribution in [0.15, 0.2) is 0 Å². The number of carbonyl (C=O) groups is 1. The Bertz CT molecular complexity index is 299. The fraction of sp³-hybridized carbons (Fsp3) is 0.941. The van der Waals surface area contributed by atoms with Crippen LogP contribution in [0.4, 0.5) is 0 Å². The minimum Gasteiger partial charge on any atom is -0.353 e. The van der Waals surface area contributed by atoms with Gasteiger partial charge in [0.05, 0.1) is 5.92 Å². The highest BCUT2D eigenvalue weighted by Gasteiger charge is 2.30. The van der Waals surface area contributed by atoms with E-state index < -0.39 is 0 Å². The first-order valence-corrected chi connectivity index (χ1v) is 8.78. The van der Waals surface area contributed by atoms with E-state index in [9.17, 15) is 4.79 Å². The monoisotopic (exact) mass is 280 g/mol. The van der Waals surface area contributed by atoms with Crippen LogP contribution in [0, 0.1) is 11.8 Å². The van der Waals surface area contributed by atoms with Gasteiger partial charge in [-0.05, 0) is 38.0 Å². The van der Waals surface area contributed by atoms with Crippen LogP contribution in [0.3, 0.4) is 0 Å². The zero-order valence-electron chi connectivity index (χ0n) is 13.1. The van der Waals surface area contributed by atoms with E-state index in [0.717, 1.165) is 25.7 Å². The second-order valence-corrected chi connectivity index (χ2v) is 6.83. The zero-order valence-corrected chi connectivity index (χ0v) is 13.1. The van der Waals surface area contributed by atoms with Gasteiger partial charge in [-0.2, -0.15) is 0 Å². The maximum absolute atomic E-state index is 12.6. The number of carbonyl (C=O) groups excluding carboxylic acids is 1. The molecular formula is C17H32N2O. The van der Waals surface area contributed by atoms with Crippen molar-refractivity contribution >= 4 is 5.91 Å². The second kappa shape index (κ2) is 8.02.